The summed E-state index contributed by atoms with van der Waals surface area (Å²) in [5.41, 5.74) is 1.81. The van der Waals surface area contributed by atoms with E-state index in [9.17, 15) is 4.79 Å². The largest absolute Gasteiger partial charge is 0.481 e. The van der Waals surface area contributed by atoms with E-state index in [1.54, 1.807) is 22.7 Å². The molecule has 2 heterocycles. The number of hydrogen-bond donors (Lipinski definition) is 2. The van der Waals surface area contributed by atoms with Crippen LogP contribution < -0.4 is 5.32 Å². The van der Waals surface area contributed by atoms with E-state index >= 15 is 0 Å². The van der Waals surface area contributed by atoms with Gasteiger partial charge in [-0.25, -0.2) is 0 Å². The first-order valence-electron chi connectivity index (χ1n) is 5.11. The van der Waals surface area contributed by atoms with Gasteiger partial charge in [-0.2, -0.15) is 0 Å². The molecule has 0 amide bonds. The number of rotatable bonds is 6. The summed E-state index contributed by atoms with van der Waals surface area (Å²) in [6.45, 7) is 1.57. The Hall–Kier alpha value is -1.24. The Kier molecular flexibility index (Phi) is 4.24. The monoisotopic (exact) mass is 268 g/mol. The number of carboxylic acids is 1. The fraction of sp³-hybridized carbons (Fsp3) is 0.273. The Bertz CT molecular complexity index is 479. The van der Waals surface area contributed by atoms with Crippen molar-refractivity contribution in [2.75, 3.05) is 0 Å². The van der Waals surface area contributed by atoms with Crippen LogP contribution in [0.4, 0.5) is 0 Å². The van der Waals surface area contributed by atoms with Crippen LogP contribution in [0.2, 0.25) is 0 Å². The van der Waals surface area contributed by atoms with E-state index in [1.807, 2.05) is 23.8 Å². The second-order valence-electron chi connectivity index (χ2n) is 3.51. The predicted octanol–water partition coefficient (Wildman–Crippen LogP) is 2.12. The third kappa shape index (κ3) is 3.92. The Balaban J connectivity index is 1.79. The summed E-state index contributed by atoms with van der Waals surface area (Å²) >= 11 is 3.17. The number of hydrogen-bond acceptors (Lipinski definition) is 5. The molecule has 0 saturated carbocycles. The van der Waals surface area contributed by atoms with E-state index in [4.69, 9.17) is 5.11 Å². The highest BCUT2D eigenvalue weighted by Crippen LogP contribution is 2.17. The minimum Gasteiger partial charge on any atom is -0.481 e. The molecule has 0 aliphatic carbocycles. The fourth-order valence-electron chi connectivity index (χ4n) is 1.40. The van der Waals surface area contributed by atoms with Crippen molar-refractivity contribution in [1.82, 2.24) is 10.3 Å². The van der Waals surface area contributed by atoms with Crippen molar-refractivity contribution in [2.45, 2.75) is 19.5 Å². The number of nitrogens with zero attached hydrogens (tertiary/aromatic N) is 1. The van der Waals surface area contributed by atoms with Crippen molar-refractivity contribution in [2.24, 2.45) is 0 Å². The highest BCUT2D eigenvalue weighted by molar-refractivity contribution is 7.12. The maximum absolute atomic E-state index is 10.5. The van der Waals surface area contributed by atoms with Crippen molar-refractivity contribution < 1.29 is 9.90 Å². The van der Waals surface area contributed by atoms with Gasteiger partial charge in [0, 0.05) is 33.9 Å². The van der Waals surface area contributed by atoms with Gasteiger partial charge < -0.3 is 10.4 Å². The molecular formula is C11H12N2O2S2. The van der Waals surface area contributed by atoms with Crippen molar-refractivity contribution in [3.63, 3.8) is 0 Å². The van der Waals surface area contributed by atoms with Crippen LogP contribution in [0.1, 0.15) is 14.6 Å². The van der Waals surface area contributed by atoms with E-state index in [0.717, 1.165) is 22.8 Å². The van der Waals surface area contributed by atoms with Crippen LogP contribution in [0, 0.1) is 0 Å². The average Bonchev–Trinajstić information content (AvgIpc) is 2.89. The van der Waals surface area contributed by atoms with Crippen molar-refractivity contribution in [1.29, 1.82) is 0 Å². The Morgan fingerprint density at radius 3 is 2.76 bits per heavy atom. The molecule has 0 fully saturated rings. The highest BCUT2D eigenvalue weighted by Gasteiger charge is 2.04. The van der Waals surface area contributed by atoms with Crippen LogP contribution in [0.5, 0.6) is 0 Å². The van der Waals surface area contributed by atoms with Crippen LogP contribution in [0.3, 0.4) is 0 Å². The molecule has 0 saturated heterocycles. The van der Waals surface area contributed by atoms with Crippen LogP contribution in [0.25, 0.3) is 0 Å². The second kappa shape index (κ2) is 5.90. The van der Waals surface area contributed by atoms with Crippen molar-refractivity contribution in [3.05, 3.63) is 38.5 Å². The smallest absolute Gasteiger partial charge is 0.308 e. The minimum atomic E-state index is -0.781. The zero-order valence-electron chi connectivity index (χ0n) is 9.05. The highest BCUT2D eigenvalue weighted by atomic mass is 32.1. The predicted molar refractivity (Wildman–Crippen MR) is 68.3 cm³/mol. The summed E-state index contributed by atoms with van der Waals surface area (Å²) in [7, 11) is 0. The summed E-state index contributed by atoms with van der Waals surface area (Å²) in [5.74, 6) is -0.781. The molecule has 2 N–H and O–H groups in total. The van der Waals surface area contributed by atoms with Gasteiger partial charge >= 0.3 is 5.97 Å². The molecule has 4 nitrogen and oxygen atoms in total. The normalized spacial score (nSPS) is 10.6. The van der Waals surface area contributed by atoms with E-state index in [0.29, 0.717) is 0 Å². The zero-order chi connectivity index (χ0) is 12.1. The average molecular weight is 268 g/mol. The van der Waals surface area contributed by atoms with Gasteiger partial charge in [-0.1, -0.05) is 0 Å². The van der Waals surface area contributed by atoms with E-state index < -0.39 is 5.97 Å². The summed E-state index contributed by atoms with van der Waals surface area (Å²) in [6, 6.07) is 3.85. The van der Waals surface area contributed by atoms with E-state index in [1.165, 1.54) is 4.88 Å². The second-order valence-corrected chi connectivity index (χ2v) is 5.73. The van der Waals surface area contributed by atoms with Crippen LogP contribution in [0.15, 0.2) is 23.8 Å². The van der Waals surface area contributed by atoms with Crippen LogP contribution in [-0.4, -0.2) is 16.1 Å². The first kappa shape index (κ1) is 12.2. The van der Waals surface area contributed by atoms with Gasteiger partial charge in [0.05, 0.1) is 11.9 Å². The van der Waals surface area contributed by atoms with Gasteiger partial charge in [-0.05, 0) is 12.1 Å². The molecule has 90 valence electrons. The quantitative estimate of drug-likeness (QED) is 0.842. The number of carboxylic acid groups (broad SMARTS) is 1. The summed E-state index contributed by atoms with van der Waals surface area (Å²) in [4.78, 5) is 17.8. The lowest BCUT2D eigenvalue weighted by Gasteiger charge is -1.99. The van der Waals surface area contributed by atoms with Crippen LogP contribution in [-0.2, 0) is 24.3 Å². The fourth-order valence-corrected chi connectivity index (χ4v) is 2.94. The van der Waals surface area contributed by atoms with E-state index in [2.05, 4.69) is 10.3 Å². The lowest BCUT2D eigenvalue weighted by Crippen LogP contribution is -2.10. The first-order chi connectivity index (χ1) is 8.24. The number of aromatic nitrogens is 1. The number of carbonyl (C=O) groups is 1. The Morgan fingerprint density at radius 1 is 1.29 bits per heavy atom. The van der Waals surface area contributed by atoms with Gasteiger partial charge in [0.15, 0.2) is 0 Å². The lowest BCUT2D eigenvalue weighted by atomic mass is 10.3. The summed E-state index contributed by atoms with van der Waals surface area (Å²) in [6.07, 6.45) is 1.96. The SMILES string of the molecule is O=C(O)Cc1ccc(CNCc2cncs2)s1. The summed E-state index contributed by atoms with van der Waals surface area (Å²) < 4.78 is 0. The van der Waals surface area contributed by atoms with Crippen molar-refractivity contribution in [3.8, 4) is 0 Å². The molecule has 0 radical (unpaired) electrons. The molecule has 0 spiro atoms. The maximum Gasteiger partial charge on any atom is 0.308 e. The number of aliphatic carboxylic acids is 1. The van der Waals surface area contributed by atoms with Crippen LogP contribution >= 0.6 is 22.7 Å². The van der Waals surface area contributed by atoms with Crippen molar-refractivity contribution >= 4 is 28.6 Å². The summed E-state index contributed by atoms with van der Waals surface area (Å²) in [5, 5.41) is 12.0. The molecule has 6 heteroatoms. The standard InChI is InChI=1S/C11H12N2O2S2/c14-11(15)3-8-1-2-9(17-8)4-12-5-10-6-13-7-16-10/h1-2,6-7,12H,3-5H2,(H,14,15). The number of thiophene rings is 1. The Morgan fingerprint density at radius 2 is 2.06 bits per heavy atom. The lowest BCUT2D eigenvalue weighted by molar-refractivity contribution is -0.136. The third-order valence-corrected chi connectivity index (χ3v) is 3.99. The molecule has 17 heavy (non-hydrogen) atoms. The third-order valence-electron chi connectivity index (χ3n) is 2.12. The van der Waals surface area contributed by atoms with Gasteiger partial charge in [0.2, 0.25) is 0 Å². The van der Waals surface area contributed by atoms with Gasteiger partial charge in [-0.15, -0.1) is 22.7 Å². The zero-order valence-corrected chi connectivity index (χ0v) is 10.7. The minimum absolute atomic E-state index is 0.111. The van der Waals surface area contributed by atoms with Gasteiger partial charge in [0.25, 0.3) is 0 Å². The van der Waals surface area contributed by atoms with E-state index in [-0.39, 0.29) is 6.42 Å². The number of nitrogens with one attached hydrogen (secondary N) is 1. The molecule has 0 bridgehead atoms. The molecule has 2 aromatic rings. The first-order valence-corrected chi connectivity index (χ1v) is 6.81. The van der Waals surface area contributed by atoms with Gasteiger partial charge in [-0.3, -0.25) is 9.78 Å². The molecule has 2 aromatic heterocycles. The molecule has 0 atom stereocenters. The topological polar surface area (TPSA) is 62.2 Å². The van der Waals surface area contributed by atoms with Gasteiger partial charge in [0.1, 0.15) is 0 Å². The molecule has 2 rings (SSSR count). The molecule has 0 aliphatic heterocycles. The molecule has 0 unspecified atom stereocenters. The number of thiazole rings is 1. The maximum atomic E-state index is 10.5. The molecule has 0 aromatic carbocycles. The Labute approximate surface area is 107 Å². The molecular weight excluding hydrogens is 256 g/mol. The molecule has 0 aliphatic rings.